The quantitative estimate of drug-likeness (QED) is 0.634. The number of hydrogen-bond donors (Lipinski definition) is 0. The number of carbonyl (C=O) groups is 2. The third-order valence-electron chi connectivity index (χ3n) is 1.84. The van der Waals surface area contributed by atoms with E-state index in [0.717, 1.165) is 19.2 Å². The molecule has 0 radical (unpaired) electrons. The summed E-state index contributed by atoms with van der Waals surface area (Å²) in [6.45, 7) is -3.01. The summed E-state index contributed by atoms with van der Waals surface area (Å²) in [5, 5.41) is 0. The molecule has 0 amide bonds. The van der Waals surface area contributed by atoms with Gasteiger partial charge < -0.3 is 9.47 Å². The van der Waals surface area contributed by atoms with Gasteiger partial charge in [-0.3, -0.25) is 4.79 Å². The minimum Gasteiger partial charge on any atom is -0.465 e. The van der Waals surface area contributed by atoms with Crippen molar-refractivity contribution in [2.45, 2.75) is 6.61 Å². The van der Waals surface area contributed by atoms with Crippen LogP contribution in [0.2, 0.25) is 0 Å². The van der Waals surface area contributed by atoms with Gasteiger partial charge in [0.15, 0.2) is 6.29 Å². The second-order valence-corrected chi connectivity index (χ2v) is 3.71. The second-order valence-electron chi connectivity index (χ2n) is 2.86. The Bertz CT molecular complexity index is 448. The number of alkyl halides is 2. The van der Waals surface area contributed by atoms with Crippen LogP contribution in [0.25, 0.3) is 0 Å². The van der Waals surface area contributed by atoms with Crippen LogP contribution in [0, 0.1) is 0 Å². The predicted molar refractivity (Wildman–Crippen MR) is 57.5 cm³/mol. The zero-order valence-electron chi connectivity index (χ0n) is 8.58. The molecule has 1 aromatic rings. The van der Waals surface area contributed by atoms with Crippen molar-refractivity contribution in [3.63, 3.8) is 0 Å². The largest absolute Gasteiger partial charge is 0.465 e. The first-order valence-electron chi connectivity index (χ1n) is 4.31. The summed E-state index contributed by atoms with van der Waals surface area (Å²) in [6, 6.07) is 2.20. The van der Waals surface area contributed by atoms with E-state index in [1.54, 1.807) is 0 Å². The Kier molecular flexibility index (Phi) is 4.56. The first-order chi connectivity index (χ1) is 7.99. The van der Waals surface area contributed by atoms with E-state index >= 15 is 0 Å². The van der Waals surface area contributed by atoms with Crippen molar-refractivity contribution in [2.24, 2.45) is 0 Å². The summed E-state index contributed by atoms with van der Waals surface area (Å²) in [4.78, 5) is 22.1. The second kappa shape index (κ2) is 5.72. The van der Waals surface area contributed by atoms with E-state index in [1.807, 2.05) is 0 Å². The SMILES string of the molecule is COC(=O)c1c(Br)cc(OC(F)F)cc1C=O. The molecule has 4 nitrogen and oxygen atoms in total. The maximum Gasteiger partial charge on any atom is 0.387 e. The molecule has 0 saturated carbocycles. The highest BCUT2D eigenvalue weighted by atomic mass is 79.9. The molecule has 92 valence electrons. The molecule has 0 spiro atoms. The van der Waals surface area contributed by atoms with Crippen molar-refractivity contribution in [3.05, 3.63) is 27.7 Å². The maximum atomic E-state index is 12.0. The van der Waals surface area contributed by atoms with Crippen molar-refractivity contribution < 1.29 is 27.8 Å². The molecular weight excluding hydrogens is 302 g/mol. The molecule has 0 unspecified atom stereocenters. The van der Waals surface area contributed by atoms with Crippen LogP contribution in [0.3, 0.4) is 0 Å². The summed E-state index contributed by atoms with van der Waals surface area (Å²) in [7, 11) is 1.15. The van der Waals surface area contributed by atoms with Gasteiger partial charge in [0.25, 0.3) is 0 Å². The highest BCUT2D eigenvalue weighted by molar-refractivity contribution is 9.10. The lowest BCUT2D eigenvalue weighted by atomic mass is 10.1. The number of rotatable bonds is 4. The van der Waals surface area contributed by atoms with Gasteiger partial charge in [-0.2, -0.15) is 8.78 Å². The van der Waals surface area contributed by atoms with Crippen molar-refractivity contribution in [3.8, 4) is 5.75 Å². The molecule has 0 atom stereocenters. The van der Waals surface area contributed by atoms with E-state index in [9.17, 15) is 18.4 Å². The predicted octanol–water partition coefficient (Wildman–Crippen LogP) is 2.65. The number of benzene rings is 1. The summed E-state index contributed by atoms with van der Waals surface area (Å²) >= 11 is 2.99. The fourth-order valence-electron chi connectivity index (χ4n) is 1.18. The Morgan fingerprint density at radius 1 is 1.47 bits per heavy atom. The lowest BCUT2D eigenvalue weighted by Crippen LogP contribution is -2.08. The highest BCUT2D eigenvalue weighted by Gasteiger charge is 2.18. The Hall–Kier alpha value is -1.50. The zero-order valence-corrected chi connectivity index (χ0v) is 10.2. The molecule has 0 aliphatic rings. The Morgan fingerprint density at radius 2 is 2.12 bits per heavy atom. The van der Waals surface area contributed by atoms with E-state index in [0.29, 0.717) is 6.29 Å². The monoisotopic (exact) mass is 308 g/mol. The number of methoxy groups -OCH3 is 1. The van der Waals surface area contributed by atoms with Crippen LogP contribution >= 0.6 is 15.9 Å². The van der Waals surface area contributed by atoms with Gasteiger partial charge in [0.05, 0.1) is 12.7 Å². The van der Waals surface area contributed by atoms with Crippen LogP contribution in [0.15, 0.2) is 16.6 Å². The molecule has 1 aromatic carbocycles. The van der Waals surface area contributed by atoms with Crippen molar-refractivity contribution in [1.29, 1.82) is 0 Å². The molecule has 17 heavy (non-hydrogen) atoms. The molecule has 0 N–H and O–H groups in total. The van der Waals surface area contributed by atoms with Gasteiger partial charge in [-0.05, 0) is 28.1 Å². The Balaban J connectivity index is 3.25. The standard InChI is InChI=1S/C10H7BrF2O4/c1-16-9(15)8-5(4-14)2-6(3-7(8)11)17-10(12)13/h2-4,10H,1H3. The van der Waals surface area contributed by atoms with Gasteiger partial charge in [0.1, 0.15) is 5.75 Å². The lowest BCUT2D eigenvalue weighted by molar-refractivity contribution is -0.0499. The van der Waals surface area contributed by atoms with E-state index < -0.39 is 12.6 Å². The number of hydrogen-bond acceptors (Lipinski definition) is 4. The van der Waals surface area contributed by atoms with Crippen molar-refractivity contribution >= 4 is 28.2 Å². The molecule has 0 saturated heterocycles. The third kappa shape index (κ3) is 3.23. The highest BCUT2D eigenvalue weighted by Crippen LogP contribution is 2.28. The first kappa shape index (κ1) is 13.6. The fraction of sp³-hybridized carbons (Fsp3) is 0.200. The molecule has 1 rings (SSSR count). The van der Waals surface area contributed by atoms with Gasteiger partial charge >= 0.3 is 12.6 Å². The topological polar surface area (TPSA) is 52.6 Å². The molecule has 0 heterocycles. The molecule has 0 aliphatic carbocycles. The molecule has 0 bridgehead atoms. The summed E-state index contributed by atoms with van der Waals surface area (Å²) < 4.78 is 32.7. The normalized spacial score (nSPS) is 10.2. The van der Waals surface area contributed by atoms with E-state index in [-0.39, 0.29) is 21.3 Å². The minimum absolute atomic E-state index is 0.0379. The van der Waals surface area contributed by atoms with Gasteiger partial charge in [-0.25, -0.2) is 4.79 Å². The first-order valence-corrected chi connectivity index (χ1v) is 5.10. The van der Waals surface area contributed by atoms with Crippen LogP contribution < -0.4 is 4.74 Å². The number of esters is 1. The smallest absolute Gasteiger partial charge is 0.387 e. The summed E-state index contributed by atoms with van der Waals surface area (Å²) in [5.74, 6) is -0.968. The van der Waals surface area contributed by atoms with Crippen LogP contribution in [0.4, 0.5) is 8.78 Å². The van der Waals surface area contributed by atoms with E-state index in [4.69, 9.17) is 0 Å². The Labute approximate surface area is 104 Å². The van der Waals surface area contributed by atoms with Crippen LogP contribution in [-0.4, -0.2) is 26.0 Å². The number of ether oxygens (including phenoxy) is 2. The van der Waals surface area contributed by atoms with Gasteiger partial charge in [0.2, 0.25) is 0 Å². The molecule has 0 aliphatic heterocycles. The maximum absolute atomic E-state index is 12.0. The molecule has 0 fully saturated rings. The number of halogens is 3. The van der Waals surface area contributed by atoms with Gasteiger partial charge in [-0.15, -0.1) is 0 Å². The average molecular weight is 309 g/mol. The zero-order chi connectivity index (χ0) is 13.0. The van der Waals surface area contributed by atoms with Crippen LogP contribution in [0.1, 0.15) is 20.7 Å². The summed E-state index contributed by atoms with van der Waals surface area (Å²) in [5.41, 5.74) is -0.133. The third-order valence-corrected chi connectivity index (χ3v) is 2.46. The molecular formula is C10H7BrF2O4. The van der Waals surface area contributed by atoms with Crippen molar-refractivity contribution in [1.82, 2.24) is 0 Å². The summed E-state index contributed by atoms with van der Waals surface area (Å²) in [6.07, 6.45) is 0.356. The fourth-order valence-corrected chi connectivity index (χ4v) is 1.80. The van der Waals surface area contributed by atoms with Crippen LogP contribution in [-0.2, 0) is 4.74 Å². The van der Waals surface area contributed by atoms with Gasteiger partial charge in [0, 0.05) is 10.0 Å². The van der Waals surface area contributed by atoms with E-state index in [2.05, 4.69) is 25.4 Å². The van der Waals surface area contributed by atoms with E-state index in [1.165, 1.54) is 0 Å². The molecule has 0 aromatic heterocycles. The van der Waals surface area contributed by atoms with Gasteiger partial charge in [-0.1, -0.05) is 0 Å². The van der Waals surface area contributed by atoms with Crippen LogP contribution in [0.5, 0.6) is 5.75 Å². The van der Waals surface area contributed by atoms with Crippen molar-refractivity contribution in [2.75, 3.05) is 7.11 Å². The Morgan fingerprint density at radius 3 is 2.59 bits per heavy atom. The number of carbonyl (C=O) groups excluding carboxylic acids is 2. The molecule has 7 heteroatoms. The lowest BCUT2D eigenvalue weighted by Gasteiger charge is -2.09. The number of aldehydes is 1. The minimum atomic E-state index is -3.01. The average Bonchev–Trinajstić information content (AvgIpc) is 2.26.